The van der Waals surface area contributed by atoms with Crippen molar-refractivity contribution in [1.82, 2.24) is 14.3 Å². The maximum absolute atomic E-state index is 13.7. The number of aliphatic carboxylic acids is 1. The minimum atomic E-state index is -1.34. The largest absolute Gasteiger partial charge is 0.479 e. The van der Waals surface area contributed by atoms with Crippen molar-refractivity contribution in [2.75, 3.05) is 0 Å². The predicted octanol–water partition coefficient (Wildman–Crippen LogP) is 5.32. The summed E-state index contributed by atoms with van der Waals surface area (Å²) in [4.78, 5) is 26.2. The lowest BCUT2D eigenvalue weighted by molar-refractivity contribution is -0.161. The standard InChI is InChI=1S/C29H33N3O4/c1-17-8-11-20(12-9-17)16-32-24-22(15-30-32)23(21-13-10-18(2)19(3)14-21)25(31(7)27(24)33)26(28(34)35)36-29(4,5)6/h8-15,26H,16H2,1-7H3,(H,34,35). The van der Waals surface area contributed by atoms with Crippen LogP contribution >= 0.6 is 0 Å². The van der Waals surface area contributed by atoms with E-state index in [1.807, 2.05) is 63.2 Å². The molecule has 36 heavy (non-hydrogen) atoms. The van der Waals surface area contributed by atoms with Gasteiger partial charge in [-0.15, -0.1) is 0 Å². The van der Waals surface area contributed by atoms with Gasteiger partial charge in [0.2, 0.25) is 0 Å². The number of fused-ring (bicyclic) bond motifs is 1. The van der Waals surface area contributed by atoms with Gasteiger partial charge < -0.3 is 14.4 Å². The van der Waals surface area contributed by atoms with Crippen molar-refractivity contribution in [2.45, 2.75) is 59.8 Å². The molecule has 0 saturated carbocycles. The quantitative estimate of drug-likeness (QED) is 0.398. The highest BCUT2D eigenvalue weighted by atomic mass is 16.5. The van der Waals surface area contributed by atoms with Gasteiger partial charge in [-0.25, -0.2) is 4.79 Å². The Balaban J connectivity index is 2.05. The average Bonchev–Trinajstić information content (AvgIpc) is 3.21. The molecule has 1 N–H and O–H groups in total. The van der Waals surface area contributed by atoms with Crippen LogP contribution in [0.3, 0.4) is 0 Å². The molecule has 7 nitrogen and oxygen atoms in total. The van der Waals surface area contributed by atoms with Gasteiger partial charge in [0.25, 0.3) is 5.56 Å². The van der Waals surface area contributed by atoms with Crippen molar-refractivity contribution in [3.8, 4) is 11.1 Å². The molecule has 0 radical (unpaired) electrons. The van der Waals surface area contributed by atoms with Gasteiger partial charge >= 0.3 is 5.97 Å². The molecule has 2 heterocycles. The SMILES string of the molecule is Cc1ccc(Cn2ncc3c(-c4ccc(C)c(C)c4)c(C(OC(C)(C)C)C(=O)O)n(C)c(=O)c32)cc1. The first-order chi connectivity index (χ1) is 16.9. The van der Waals surface area contributed by atoms with Crippen molar-refractivity contribution in [2.24, 2.45) is 7.05 Å². The van der Waals surface area contributed by atoms with Crippen LogP contribution in [-0.4, -0.2) is 31.0 Å². The molecule has 0 amide bonds. The fourth-order valence-corrected chi connectivity index (χ4v) is 4.44. The molecule has 0 aliphatic carbocycles. The zero-order chi connectivity index (χ0) is 26.4. The van der Waals surface area contributed by atoms with E-state index in [1.54, 1.807) is 38.7 Å². The summed E-state index contributed by atoms with van der Waals surface area (Å²) in [5, 5.41) is 15.4. The number of aryl methyl sites for hydroxylation is 3. The van der Waals surface area contributed by atoms with E-state index in [1.165, 1.54) is 4.57 Å². The summed E-state index contributed by atoms with van der Waals surface area (Å²) in [7, 11) is 1.60. The Morgan fingerprint density at radius 3 is 2.31 bits per heavy atom. The summed E-state index contributed by atoms with van der Waals surface area (Å²) in [6.45, 7) is 11.9. The van der Waals surface area contributed by atoms with Gasteiger partial charge in [-0.05, 0) is 63.8 Å². The third kappa shape index (κ3) is 4.84. The van der Waals surface area contributed by atoms with Gasteiger partial charge in [0, 0.05) is 18.0 Å². The molecule has 2 aromatic carbocycles. The first-order valence-electron chi connectivity index (χ1n) is 12.0. The maximum Gasteiger partial charge on any atom is 0.339 e. The van der Waals surface area contributed by atoms with Crippen molar-refractivity contribution in [3.63, 3.8) is 0 Å². The van der Waals surface area contributed by atoms with Crippen molar-refractivity contribution in [1.29, 1.82) is 0 Å². The Morgan fingerprint density at radius 1 is 1.06 bits per heavy atom. The first kappa shape index (κ1) is 25.4. The lowest BCUT2D eigenvalue weighted by Gasteiger charge is -2.28. The van der Waals surface area contributed by atoms with Crippen LogP contribution in [0.2, 0.25) is 0 Å². The van der Waals surface area contributed by atoms with E-state index in [-0.39, 0.29) is 5.56 Å². The van der Waals surface area contributed by atoms with Crippen LogP contribution in [0.15, 0.2) is 53.5 Å². The highest BCUT2D eigenvalue weighted by Crippen LogP contribution is 2.37. The number of benzene rings is 2. The van der Waals surface area contributed by atoms with Gasteiger partial charge in [-0.1, -0.05) is 48.0 Å². The maximum atomic E-state index is 13.7. The number of nitrogens with zero attached hydrogens (tertiary/aromatic N) is 3. The van der Waals surface area contributed by atoms with Gasteiger partial charge in [-0.3, -0.25) is 9.48 Å². The molecule has 0 aliphatic rings. The predicted molar refractivity (Wildman–Crippen MR) is 141 cm³/mol. The number of hydrogen-bond donors (Lipinski definition) is 1. The third-order valence-corrected chi connectivity index (χ3v) is 6.43. The Bertz CT molecular complexity index is 1510. The summed E-state index contributed by atoms with van der Waals surface area (Å²) < 4.78 is 9.11. The Hall–Kier alpha value is -3.71. The fourth-order valence-electron chi connectivity index (χ4n) is 4.44. The van der Waals surface area contributed by atoms with E-state index in [9.17, 15) is 14.7 Å². The molecule has 1 unspecified atom stereocenters. The molecule has 7 heteroatoms. The molecule has 0 aliphatic heterocycles. The Kier molecular flexibility index (Phi) is 6.62. The molecule has 0 bridgehead atoms. The lowest BCUT2D eigenvalue weighted by Crippen LogP contribution is -2.33. The molecule has 0 fully saturated rings. The van der Waals surface area contributed by atoms with E-state index >= 15 is 0 Å². The molecule has 1 atom stereocenters. The first-order valence-corrected chi connectivity index (χ1v) is 12.0. The van der Waals surface area contributed by atoms with Crippen LogP contribution in [0, 0.1) is 20.8 Å². The molecule has 4 rings (SSSR count). The van der Waals surface area contributed by atoms with Crippen LogP contribution in [0.4, 0.5) is 0 Å². The number of ether oxygens (including phenoxy) is 1. The Morgan fingerprint density at radius 2 is 1.72 bits per heavy atom. The van der Waals surface area contributed by atoms with Crippen molar-refractivity contribution in [3.05, 3.63) is 87.0 Å². The Labute approximate surface area is 211 Å². The molecule has 0 spiro atoms. The second kappa shape index (κ2) is 9.39. The van der Waals surface area contributed by atoms with Crippen LogP contribution in [-0.2, 0) is 23.1 Å². The average molecular weight is 488 g/mol. The van der Waals surface area contributed by atoms with Crippen LogP contribution in [0.25, 0.3) is 22.0 Å². The number of carboxylic acids is 1. The molecular formula is C29H33N3O4. The molecule has 4 aromatic rings. The second-order valence-electron chi connectivity index (χ2n) is 10.4. The van der Waals surface area contributed by atoms with E-state index in [2.05, 4.69) is 5.10 Å². The fraction of sp³-hybridized carbons (Fsp3) is 0.345. The van der Waals surface area contributed by atoms with Crippen LogP contribution in [0.1, 0.15) is 54.8 Å². The van der Waals surface area contributed by atoms with Gasteiger partial charge in [0.1, 0.15) is 5.52 Å². The minimum absolute atomic E-state index is 0.299. The summed E-state index contributed by atoms with van der Waals surface area (Å²) >= 11 is 0. The number of carboxylic acid groups (broad SMARTS) is 1. The molecule has 188 valence electrons. The van der Waals surface area contributed by atoms with Crippen molar-refractivity contribution < 1.29 is 14.6 Å². The minimum Gasteiger partial charge on any atom is -0.479 e. The zero-order valence-corrected chi connectivity index (χ0v) is 21.9. The highest BCUT2D eigenvalue weighted by molar-refractivity contribution is 5.97. The van der Waals surface area contributed by atoms with Gasteiger partial charge in [0.15, 0.2) is 6.10 Å². The summed E-state index contributed by atoms with van der Waals surface area (Å²) in [5.41, 5.74) is 5.47. The van der Waals surface area contributed by atoms with E-state index in [0.717, 1.165) is 27.8 Å². The third-order valence-electron chi connectivity index (χ3n) is 6.43. The second-order valence-corrected chi connectivity index (χ2v) is 10.4. The van der Waals surface area contributed by atoms with E-state index in [4.69, 9.17) is 4.74 Å². The smallest absolute Gasteiger partial charge is 0.339 e. The molecule has 2 aromatic heterocycles. The van der Waals surface area contributed by atoms with E-state index in [0.29, 0.717) is 28.7 Å². The molecule has 0 saturated heterocycles. The molecular weight excluding hydrogens is 454 g/mol. The monoisotopic (exact) mass is 487 g/mol. The van der Waals surface area contributed by atoms with Crippen LogP contribution < -0.4 is 5.56 Å². The van der Waals surface area contributed by atoms with Gasteiger partial charge in [0.05, 0.1) is 24.0 Å². The van der Waals surface area contributed by atoms with Crippen LogP contribution in [0.5, 0.6) is 0 Å². The van der Waals surface area contributed by atoms with Crippen molar-refractivity contribution >= 4 is 16.9 Å². The number of rotatable bonds is 6. The number of carbonyl (C=O) groups is 1. The summed E-state index contributed by atoms with van der Waals surface area (Å²) in [5.74, 6) is -1.16. The summed E-state index contributed by atoms with van der Waals surface area (Å²) in [6, 6.07) is 14.1. The number of pyridine rings is 1. The van der Waals surface area contributed by atoms with Gasteiger partial charge in [-0.2, -0.15) is 5.10 Å². The number of hydrogen-bond acceptors (Lipinski definition) is 4. The summed E-state index contributed by atoms with van der Waals surface area (Å²) in [6.07, 6.45) is 0.318. The lowest BCUT2D eigenvalue weighted by atomic mass is 9.94. The normalized spacial score (nSPS) is 12.8. The topological polar surface area (TPSA) is 86.3 Å². The number of aromatic nitrogens is 3. The zero-order valence-electron chi connectivity index (χ0n) is 21.9. The highest BCUT2D eigenvalue weighted by Gasteiger charge is 2.33. The van der Waals surface area contributed by atoms with E-state index < -0.39 is 17.7 Å².